The number of carbonyl (C=O) groups excluding carboxylic acids is 1. The van der Waals surface area contributed by atoms with Crippen molar-refractivity contribution in [1.82, 2.24) is 0 Å². The largest absolute Gasteiger partial charge is 0.468 e. The molecule has 1 atom stereocenters. The van der Waals surface area contributed by atoms with Gasteiger partial charge in [-0.1, -0.05) is 45.7 Å². The number of carbonyl (C=O) groups is 1. The Kier molecular flexibility index (Phi) is 3.75. The lowest BCUT2D eigenvalue weighted by Gasteiger charge is -2.08. The van der Waals surface area contributed by atoms with Gasteiger partial charge in [-0.05, 0) is 11.6 Å². The summed E-state index contributed by atoms with van der Waals surface area (Å²) in [6.45, 7) is 0. The molecule has 0 aliphatic heterocycles. The van der Waals surface area contributed by atoms with Crippen LogP contribution in [0.4, 0.5) is 0 Å². The van der Waals surface area contributed by atoms with Crippen LogP contribution in [0.3, 0.4) is 0 Å². The molecule has 0 heterocycles. The summed E-state index contributed by atoms with van der Waals surface area (Å²) >= 11 is 9.09. The van der Waals surface area contributed by atoms with E-state index in [1.165, 1.54) is 7.11 Å². The van der Waals surface area contributed by atoms with Crippen LogP contribution >= 0.6 is 27.5 Å². The number of rotatable bonds is 2. The first-order chi connectivity index (χ1) is 6.16. The van der Waals surface area contributed by atoms with Crippen LogP contribution in [0.15, 0.2) is 24.3 Å². The summed E-state index contributed by atoms with van der Waals surface area (Å²) < 4.78 is 4.58. The van der Waals surface area contributed by atoms with Crippen molar-refractivity contribution < 1.29 is 9.53 Å². The Bertz CT molecular complexity index is 314. The standard InChI is InChI=1S/C9H8BrClO2/c1-13-9(12)8(10)6-4-2-3-5-7(6)11/h2-5,8H,1H3/t8-/m1/s1. The third-order valence-electron chi connectivity index (χ3n) is 1.59. The van der Waals surface area contributed by atoms with E-state index in [0.717, 1.165) is 5.56 Å². The summed E-state index contributed by atoms with van der Waals surface area (Å²) in [6.07, 6.45) is 0. The molecular formula is C9H8BrClO2. The average molecular weight is 264 g/mol. The number of ether oxygens (including phenoxy) is 1. The second-order valence-electron chi connectivity index (χ2n) is 2.41. The normalized spacial score (nSPS) is 12.2. The van der Waals surface area contributed by atoms with Gasteiger partial charge in [0.05, 0.1) is 7.11 Å². The van der Waals surface area contributed by atoms with Gasteiger partial charge in [0.1, 0.15) is 4.83 Å². The fraction of sp³-hybridized carbons (Fsp3) is 0.222. The molecule has 0 fully saturated rings. The van der Waals surface area contributed by atoms with Crippen LogP contribution in [-0.4, -0.2) is 13.1 Å². The number of halogens is 2. The molecule has 0 N–H and O–H groups in total. The average Bonchev–Trinajstić information content (AvgIpc) is 2.16. The predicted octanol–water partition coefficient (Wildman–Crippen LogP) is 2.95. The maximum Gasteiger partial charge on any atom is 0.324 e. The molecule has 0 saturated carbocycles. The molecule has 13 heavy (non-hydrogen) atoms. The van der Waals surface area contributed by atoms with Gasteiger partial charge < -0.3 is 4.74 Å². The Morgan fingerprint density at radius 2 is 2.15 bits per heavy atom. The lowest BCUT2D eigenvalue weighted by Crippen LogP contribution is -2.08. The lowest BCUT2D eigenvalue weighted by molar-refractivity contribution is -0.139. The monoisotopic (exact) mass is 262 g/mol. The van der Waals surface area contributed by atoms with E-state index in [-0.39, 0.29) is 5.97 Å². The minimum atomic E-state index is -0.494. The van der Waals surface area contributed by atoms with Gasteiger partial charge in [-0.2, -0.15) is 0 Å². The summed E-state index contributed by atoms with van der Waals surface area (Å²) in [4.78, 5) is 10.6. The highest BCUT2D eigenvalue weighted by molar-refractivity contribution is 9.09. The van der Waals surface area contributed by atoms with Gasteiger partial charge in [0.25, 0.3) is 0 Å². The lowest BCUT2D eigenvalue weighted by atomic mass is 10.1. The summed E-state index contributed by atoms with van der Waals surface area (Å²) in [6, 6.07) is 7.13. The summed E-state index contributed by atoms with van der Waals surface area (Å²) in [5.74, 6) is -0.354. The molecule has 1 rings (SSSR count). The second-order valence-corrected chi connectivity index (χ2v) is 3.73. The third kappa shape index (κ3) is 2.45. The molecule has 0 amide bonds. The fourth-order valence-electron chi connectivity index (χ4n) is 0.911. The van der Waals surface area contributed by atoms with E-state index in [4.69, 9.17) is 11.6 Å². The van der Waals surface area contributed by atoms with E-state index in [1.807, 2.05) is 12.1 Å². The number of hydrogen-bond acceptors (Lipinski definition) is 2. The maximum absolute atomic E-state index is 11.1. The van der Waals surface area contributed by atoms with Crippen molar-refractivity contribution in [3.05, 3.63) is 34.9 Å². The van der Waals surface area contributed by atoms with Gasteiger partial charge in [-0.3, -0.25) is 4.79 Å². The maximum atomic E-state index is 11.1. The molecular weight excluding hydrogens is 255 g/mol. The van der Waals surface area contributed by atoms with Crippen molar-refractivity contribution in [3.8, 4) is 0 Å². The van der Waals surface area contributed by atoms with Gasteiger partial charge in [0, 0.05) is 5.02 Å². The first-order valence-corrected chi connectivity index (χ1v) is 4.92. The zero-order valence-corrected chi connectivity index (χ0v) is 9.30. The SMILES string of the molecule is COC(=O)[C@H](Br)c1ccccc1Cl. The Morgan fingerprint density at radius 1 is 1.54 bits per heavy atom. The number of hydrogen-bond donors (Lipinski definition) is 0. The highest BCUT2D eigenvalue weighted by Crippen LogP contribution is 2.29. The zero-order valence-electron chi connectivity index (χ0n) is 6.96. The van der Waals surface area contributed by atoms with Crippen molar-refractivity contribution in [2.75, 3.05) is 7.11 Å². The minimum Gasteiger partial charge on any atom is -0.468 e. The van der Waals surface area contributed by atoms with Gasteiger partial charge in [0.15, 0.2) is 0 Å². The van der Waals surface area contributed by atoms with Gasteiger partial charge in [-0.25, -0.2) is 0 Å². The van der Waals surface area contributed by atoms with Crippen molar-refractivity contribution >= 4 is 33.5 Å². The molecule has 0 saturated heterocycles. The van der Waals surface area contributed by atoms with Crippen LogP contribution in [0.5, 0.6) is 0 Å². The Morgan fingerprint density at radius 3 is 2.69 bits per heavy atom. The highest BCUT2D eigenvalue weighted by Gasteiger charge is 2.19. The van der Waals surface area contributed by atoms with Crippen molar-refractivity contribution in [3.63, 3.8) is 0 Å². The number of alkyl halides is 1. The first kappa shape index (κ1) is 10.5. The van der Waals surface area contributed by atoms with E-state index in [2.05, 4.69) is 20.7 Å². The molecule has 1 aromatic rings. The topological polar surface area (TPSA) is 26.3 Å². The molecule has 0 radical (unpaired) electrons. The van der Waals surface area contributed by atoms with E-state index >= 15 is 0 Å². The minimum absolute atomic E-state index is 0.354. The highest BCUT2D eigenvalue weighted by atomic mass is 79.9. The molecule has 0 unspecified atom stereocenters. The molecule has 0 spiro atoms. The van der Waals surface area contributed by atoms with Crippen LogP contribution in [0, 0.1) is 0 Å². The molecule has 0 bridgehead atoms. The van der Waals surface area contributed by atoms with Crippen LogP contribution < -0.4 is 0 Å². The van der Waals surface area contributed by atoms with E-state index in [0.29, 0.717) is 5.02 Å². The van der Waals surface area contributed by atoms with Crippen LogP contribution in [0.1, 0.15) is 10.4 Å². The van der Waals surface area contributed by atoms with E-state index < -0.39 is 4.83 Å². The smallest absolute Gasteiger partial charge is 0.324 e. The second kappa shape index (κ2) is 4.63. The summed E-state index contributed by atoms with van der Waals surface area (Å²) in [7, 11) is 1.34. The van der Waals surface area contributed by atoms with E-state index in [1.54, 1.807) is 12.1 Å². The Balaban J connectivity index is 2.95. The van der Waals surface area contributed by atoms with Crippen molar-refractivity contribution in [1.29, 1.82) is 0 Å². The van der Waals surface area contributed by atoms with Gasteiger partial charge in [0.2, 0.25) is 0 Å². The van der Waals surface area contributed by atoms with E-state index in [9.17, 15) is 4.79 Å². The fourth-order valence-corrected chi connectivity index (χ4v) is 1.87. The van der Waals surface area contributed by atoms with Gasteiger partial charge in [-0.15, -0.1) is 0 Å². The number of esters is 1. The van der Waals surface area contributed by atoms with Gasteiger partial charge >= 0.3 is 5.97 Å². The Labute approximate surface area is 90.0 Å². The van der Waals surface area contributed by atoms with Crippen LogP contribution in [0.25, 0.3) is 0 Å². The molecule has 4 heteroatoms. The molecule has 1 aromatic carbocycles. The quantitative estimate of drug-likeness (QED) is 0.606. The number of benzene rings is 1. The van der Waals surface area contributed by atoms with Crippen LogP contribution in [-0.2, 0) is 9.53 Å². The molecule has 70 valence electrons. The first-order valence-electron chi connectivity index (χ1n) is 3.63. The van der Waals surface area contributed by atoms with Crippen LogP contribution in [0.2, 0.25) is 5.02 Å². The number of methoxy groups -OCH3 is 1. The summed E-state index contributed by atoms with van der Waals surface area (Å²) in [5.41, 5.74) is 0.719. The van der Waals surface area contributed by atoms with Crippen molar-refractivity contribution in [2.45, 2.75) is 4.83 Å². The zero-order chi connectivity index (χ0) is 9.84. The summed E-state index contributed by atoms with van der Waals surface area (Å²) in [5, 5.41) is 0.551. The molecule has 0 aliphatic carbocycles. The molecule has 2 nitrogen and oxygen atoms in total. The third-order valence-corrected chi connectivity index (χ3v) is 2.80. The molecule has 0 aromatic heterocycles. The Hall–Kier alpha value is -0.540. The van der Waals surface area contributed by atoms with Crippen molar-refractivity contribution in [2.24, 2.45) is 0 Å². The molecule has 0 aliphatic rings. The predicted molar refractivity (Wildman–Crippen MR) is 55.1 cm³/mol.